The van der Waals surface area contributed by atoms with Gasteiger partial charge in [0.25, 0.3) is 0 Å². The molecule has 0 heterocycles. The van der Waals surface area contributed by atoms with Gasteiger partial charge in [0.15, 0.2) is 0 Å². The van der Waals surface area contributed by atoms with Gasteiger partial charge < -0.3 is 4.80 Å². The second-order valence-corrected chi connectivity index (χ2v) is 4.69. The first kappa shape index (κ1) is 6.18. The van der Waals surface area contributed by atoms with Crippen LogP contribution >= 0.6 is 0 Å². The number of hydrogen-bond acceptors (Lipinski definition) is 0. The highest BCUT2D eigenvalue weighted by molar-refractivity contribution is 6.49. The van der Waals surface area contributed by atoms with Crippen molar-refractivity contribution in [3.05, 3.63) is 0 Å². The average Bonchev–Trinajstić information content (AvgIpc) is 1.36. The first-order valence-corrected chi connectivity index (χ1v) is 4.59. The third-order valence-electron chi connectivity index (χ3n) is 0.939. The van der Waals surface area contributed by atoms with E-state index in [1.54, 1.807) is 0 Å². The van der Waals surface area contributed by atoms with Gasteiger partial charge in [-0.3, -0.25) is 0 Å². The molecule has 0 N–H and O–H groups in total. The van der Waals surface area contributed by atoms with Crippen molar-refractivity contribution >= 4 is 9.04 Å². The smallest absolute Gasteiger partial charge is 0.221 e. The summed E-state index contributed by atoms with van der Waals surface area (Å²) in [5.74, 6) is 0. The van der Waals surface area contributed by atoms with E-state index in [9.17, 15) is 4.80 Å². The maximum atomic E-state index is 10.4. The molecule has 37 valence electrons. The Morgan fingerprint density at radius 3 is 1.67 bits per heavy atom. The van der Waals surface area contributed by atoms with Crippen molar-refractivity contribution in [2.75, 3.05) is 0 Å². The molecule has 0 saturated carbocycles. The first-order chi connectivity index (χ1) is 2.64. The maximum Gasteiger partial charge on any atom is 0.221 e. The zero-order valence-corrected chi connectivity index (χ0v) is 5.72. The normalized spacial score (nSPS) is 15.5. The van der Waals surface area contributed by atoms with E-state index in [4.69, 9.17) is 0 Å². The lowest BCUT2D eigenvalue weighted by atomic mass is 10.6. The highest BCUT2D eigenvalue weighted by Crippen LogP contribution is 2.02. The molecule has 0 bridgehead atoms. The van der Waals surface area contributed by atoms with Crippen LogP contribution in [0, 0.1) is 0 Å². The van der Waals surface area contributed by atoms with Crippen LogP contribution in [0.3, 0.4) is 0 Å². The van der Waals surface area contributed by atoms with Crippen LogP contribution in [0.2, 0.25) is 12.1 Å². The molecular formula is C4H11OSi. The van der Waals surface area contributed by atoms with Crippen molar-refractivity contribution in [3.8, 4) is 0 Å². The Labute approximate surface area is 40.7 Å². The van der Waals surface area contributed by atoms with Gasteiger partial charge in [-0.05, 0) is 12.1 Å². The minimum absolute atomic E-state index is 0.435. The topological polar surface area (TPSA) is 19.9 Å². The Morgan fingerprint density at radius 1 is 1.50 bits per heavy atom. The van der Waals surface area contributed by atoms with E-state index >= 15 is 0 Å². The van der Waals surface area contributed by atoms with Crippen LogP contribution in [0.1, 0.15) is 13.8 Å². The van der Waals surface area contributed by atoms with Crippen LogP contribution in [-0.2, 0) is 4.80 Å². The molecule has 1 unspecified atom stereocenters. The molecule has 1 atom stereocenters. The summed E-state index contributed by atoms with van der Waals surface area (Å²) >= 11 is 0. The molecule has 1 radical (unpaired) electrons. The molecule has 0 aliphatic carbocycles. The molecule has 0 saturated heterocycles. The predicted octanol–water partition coefficient (Wildman–Crippen LogP) is 1.18. The van der Waals surface area contributed by atoms with Gasteiger partial charge in [-0.1, -0.05) is 13.8 Å². The molecular weight excluding hydrogens is 92.1 g/mol. The summed E-state index contributed by atoms with van der Waals surface area (Å²) < 4.78 is 0. The Bertz CT molecular complexity index is 28.5. The molecule has 0 rings (SSSR count). The largest absolute Gasteiger partial charge is 0.302 e. The number of hydrogen-bond donors (Lipinski definition) is 0. The lowest BCUT2D eigenvalue weighted by Crippen LogP contribution is -2.06. The highest BCUT2D eigenvalue weighted by Gasteiger charge is 2.04. The molecule has 2 heteroatoms. The summed E-state index contributed by atoms with van der Waals surface area (Å²) in [5.41, 5.74) is 0.435. The van der Waals surface area contributed by atoms with Gasteiger partial charge in [0.1, 0.15) is 0 Å². The van der Waals surface area contributed by atoms with Gasteiger partial charge in [-0.15, -0.1) is 0 Å². The van der Waals surface area contributed by atoms with Crippen LogP contribution in [0.5, 0.6) is 0 Å². The van der Waals surface area contributed by atoms with E-state index in [1.165, 1.54) is 0 Å². The van der Waals surface area contributed by atoms with Gasteiger partial charge in [0.05, 0.1) is 0 Å². The molecule has 0 amide bonds. The lowest BCUT2D eigenvalue weighted by Gasteiger charge is -1.98. The third kappa shape index (κ3) is 2.42. The molecule has 0 aromatic heterocycles. The van der Waals surface area contributed by atoms with Crippen molar-refractivity contribution < 1.29 is 4.80 Å². The van der Waals surface area contributed by atoms with Crippen LogP contribution in [0.4, 0.5) is 0 Å². The summed E-state index contributed by atoms with van der Waals surface area (Å²) in [5, 5.41) is 0. The van der Waals surface area contributed by atoms with Crippen molar-refractivity contribution in [1.29, 1.82) is 0 Å². The molecule has 6 heavy (non-hydrogen) atoms. The Hall–Kier alpha value is 0.177. The lowest BCUT2D eigenvalue weighted by molar-refractivity contribution is 0.442. The SMILES string of the molecule is CC(C)[SiH](C)[O]. The van der Waals surface area contributed by atoms with Crippen molar-refractivity contribution in [2.24, 2.45) is 0 Å². The van der Waals surface area contributed by atoms with E-state index in [0.29, 0.717) is 5.54 Å². The molecule has 1 nitrogen and oxygen atoms in total. The quantitative estimate of drug-likeness (QED) is 0.444. The summed E-state index contributed by atoms with van der Waals surface area (Å²) in [7, 11) is -1.49. The van der Waals surface area contributed by atoms with E-state index < -0.39 is 9.04 Å². The molecule has 0 aliphatic heterocycles. The second-order valence-electron chi connectivity index (χ2n) is 1.95. The van der Waals surface area contributed by atoms with E-state index in [2.05, 4.69) is 0 Å². The Morgan fingerprint density at radius 2 is 1.67 bits per heavy atom. The monoisotopic (exact) mass is 103 g/mol. The van der Waals surface area contributed by atoms with Crippen molar-refractivity contribution in [2.45, 2.75) is 25.9 Å². The zero-order valence-electron chi connectivity index (χ0n) is 4.56. The van der Waals surface area contributed by atoms with Gasteiger partial charge in [0.2, 0.25) is 9.04 Å². The molecule has 0 spiro atoms. The predicted molar refractivity (Wildman–Crippen MR) is 28.8 cm³/mol. The Kier molecular flexibility index (Phi) is 2.44. The average molecular weight is 103 g/mol. The minimum atomic E-state index is -1.49. The fraction of sp³-hybridized carbons (Fsp3) is 1.00. The fourth-order valence-corrected chi connectivity index (χ4v) is 0. The van der Waals surface area contributed by atoms with Gasteiger partial charge in [0, 0.05) is 0 Å². The maximum absolute atomic E-state index is 10.4. The van der Waals surface area contributed by atoms with Crippen LogP contribution in [0.15, 0.2) is 0 Å². The van der Waals surface area contributed by atoms with Gasteiger partial charge in [-0.2, -0.15) is 0 Å². The molecule has 0 aromatic rings. The summed E-state index contributed by atoms with van der Waals surface area (Å²) in [6.07, 6.45) is 0. The summed E-state index contributed by atoms with van der Waals surface area (Å²) in [6, 6.07) is 0. The molecule has 0 fully saturated rings. The van der Waals surface area contributed by atoms with Gasteiger partial charge >= 0.3 is 0 Å². The fourth-order valence-electron chi connectivity index (χ4n) is 0. The second kappa shape index (κ2) is 2.37. The molecule has 0 aliphatic rings. The van der Waals surface area contributed by atoms with E-state index in [1.807, 2.05) is 20.4 Å². The highest BCUT2D eigenvalue weighted by atomic mass is 28.3. The minimum Gasteiger partial charge on any atom is -0.302 e. The van der Waals surface area contributed by atoms with Crippen molar-refractivity contribution in [3.63, 3.8) is 0 Å². The van der Waals surface area contributed by atoms with Gasteiger partial charge in [-0.25, -0.2) is 0 Å². The standard InChI is InChI=1S/C4H11OSi/c1-4(2)6(3)5/h4,6H,1-3H3. The van der Waals surface area contributed by atoms with E-state index in [0.717, 1.165) is 0 Å². The zero-order chi connectivity index (χ0) is 5.15. The molecule has 0 aromatic carbocycles. The van der Waals surface area contributed by atoms with Crippen molar-refractivity contribution in [1.82, 2.24) is 0 Å². The van der Waals surface area contributed by atoms with Crippen LogP contribution in [-0.4, -0.2) is 9.04 Å². The Balaban J connectivity index is 2.99. The summed E-state index contributed by atoms with van der Waals surface area (Å²) in [4.78, 5) is 10.4. The summed E-state index contributed by atoms with van der Waals surface area (Å²) in [6.45, 7) is 5.80. The van der Waals surface area contributed by atoms with E-state index in [-0.39, 0.29) is 0 Å². The first-order valence-electron chi connectivity index (χ1n) is 2.30. The third-order valence-corrected chi connectivity index (χ3v) is 2.82. The van der Waals surface area contributed by atoms with Crippen LogP contribution in [0.25, 0.3) is 0 Å². The number of rotatable bonds is 1. The van der Waals surface area contributed by atoms with Crippen LogP contribution < -0.4 is 0 Å².